The Hall–Kier alpha value is -1.90. The lowest BCUT2D eigenvalue weighted by molar-refractivity contribution is -0.116. The molecule has 5 heteroatoms. The minimum absolute atomic E-state index is 0.103. The first-order chi connectivity index (χ1) is 10.2. The van der Waals surface area contributed by atoms with Crippen LogP contribution in [0.1, 0.15) is 25.3 Å². The summed E-state index contributed by atoms with van der Waals surface area (Å²) < 4.78 is 0. The zero-order valence-corrected chi connectivity index (χ0v) is 12.2. The summed E-state index contributed by atoms with van der Waals surface area (Å²) in [6, 6.07) is 9.19. The SMILES string of the molecule is CC1CCN(CCC(=O)Nc2ccccc2C#N)C1CO. The number of carbonyl (C=O) groups is 1. The van der Waals surface area contributed by atoms with Crippen LogP contribution >= 0.6 is 0 Å². The third-order valence-electron chi connectivity index (χ3n) is 4.13. The summed E-state index contributed by atoms with van der Waals surface area (Å²) in [4.78, 5) is 14.2. The molecule has 0 spiro atoms. The van der Waals surface area contributed by atoms with Gasteiger partial charge in [0, 0.05) is 19.0 Å². The monoisotopic (exact) mass is 287 g/mol. The Morgan fingerprint density at radius 3 is 3.00 bits per heavy atom. The maximum Gasteiger partial charge on any atom is 0.225 e. The minimum Gasteiger partial charge on any atom is -0.395 e. The third-order valence-corrected chi connectivity index (χ3v) is 4.13. The molecule has 1 aromatic carbocycles. The van der Waals surface area contributed by atoms with Crippen molar-refractivity contribution in [3.63, 3.8) is 0 Å². The summed E-state index contributed by atoms with van der Waals surface area (Å²) in [5.74, 6) is 0.367. The summed E-state index contributed by atoms with van der Waals surface area (Å²) in [7, 11) is 0. The van der Waals surface area contributed by atoms with Crippen LogP contribution in [-0.2, 0) is 4.79 Å². The Kier molecular flexibility index (Phi) is 5.32. The molecular weight excluding hydrogens is 266 g/mol. The molecule has 5 nitrogen and oxygen atoms in total. The average Bonchev–Trinajstić information content (AvgIpc) is 2.85. The zero-order chi connectivity index (χ0) is 15.2. The molecule has 1 aliphatic heterocycles. The number of nitrogens with one attached hydrogen (secondary N) is 1. The van der Waals surface area contributed by atoms with Crippen LogP contribution in [0.15, 0.2) is 24.3 Å². The normalized spacial score (nSPS) is 22.0. The molecule has 1 amide bonds. The van der Waals surface area contributed by atoms with E-state index < -0.39 is 0 Å². The summed E-state index contributed by atoms with van der Waals surface area (Å²) in [5, 5.41) is 21.2. The number of para-hydroxylation sites is 1. The van der Waals surface area contributed by atoms with E-state index in [0.717, 1.165) is 13.0 Å². The molecule has 0 aliphatic carbocycles. The van der Waals surface area contributed by atoms with E-state index in [0.29, 0.717) is 30.1 Å². The maximum absolute atomic E-state index is 12.0. The van der Waals surface area contributed by atoms with Gasteiger partial charge < -0.3 is 10.4 Å². The van der Waals surface area contributed by atoms with E-state index in [-0.39, 0.29) is 18.6 Å². The summed E-state index contributed by atoms with van der Waals surface area (Å²) in [5.41, 5.74) is 1.02. The number of nitriles is 1. The molecule has 1 heterocycles. The number of nitrogens with zero attached hydrogens (tertiary/aromatic N) is 2. The lowest BCUT2D eigenvalue weighted by Crippen LogP contribution is -2.37. The molecule has 21 heavy (non-hydrogen) atoms. The number of hydrogen-bond donors (Lipinski definition) is 2. The van der Waals surface area contributed by atoms with Crippen molar-refractivity contribution >= 4 is 11.6 Å². The Morgan fingerprint density at radius 2 is 2.29 bits per heavy atom. The Morgan fingerprint density at radius 1 is 1.52 bits per heavy atom. The van der Waals surface area contributed by atoms with Crippen LogP contribution in [-0.4, -0.2) is 41.7 Å². The first-order valence-corrected chi connectivity index (χ1v) is 7.29. The maximum atomic E-state index is 12.0. The highest BCUT2D eigenvalue weighted by Gasteiger charge is 2.30. The molecule has 2 unspecified atom stereocenters. The molecule has 0 bridgehead atoms. The van der Waals surface area contributed by atoms with Gasteiger partial charge in [-0.15, -0.1) is 0 Å². The number of amides is 1. The molecule has 1 aromatic rings. The van der Waals surface area contributed by atoms with Crippen LogP contribution in [0.2, 0.25) is 0 Å². The predicted molar refractivity (Wildman–Crippen MR) is 80.6 cm³/mol. The number of hydrogen-bond acceptors (Lipinski definition) is 4. The molecule has 2 N–H and O–H groups in total. The highest BCUT2D eigenvalue weighted by molar-refractivity contribution is 5.92. The molecule has 0 radical (unpaired) electrons. The van der Waals surface area contributed by atoms with Gasteiger partial charge in [-0.2, -0.15) is 5.26 Å². The van der Waals surface area contributed by atoms with Gasteiger partial charge in [-0.25, -0.2) is 0 Å². The molecule has 0 saturated carbocycles. The summed E-state index contributed by atoms with van der Waals surface area (Å²) >= 11 is 0. The number of aliphatic hydroxyl groups is 1. The van der Waals surface area contributed by atoms with Gasteiger partial charge in [0.15, 0.2) is 0 Å². The Labute approximate surface area is 125 Å². The van der Waals surface area contributed by atoms with Crippen molar-refractivity contribution in [2.45, 2.75) is 25.8 Å². The fraction of sp³-hybridized carbons (Fsp3) is 0.500. The van der Waals surface area contributed by atoms with Crippen molar-refractivity contribution in [1.82, 2.24) is 4.90 Å². The van der Waals surface area contributed by atoms with Crippen molar-refractivity contribution in [3.05, 3.63) is 29.8 Å². The minimum atomic E-state index is -0.103. The van der Waals surface area contributed by atoms with Crippen molar-refractivity contribution in [3.8, 4) is 6.07 Å². The molecular formula is C16H21N3O2. The van der Waals surface area contributed by atoms with E-state index in [1.54, 1.807) is 24.3 Å². The van der Waals surface area contributed by atoms with Crippen LogP contribution in [0, 0.1) is 17.2 Å². The molecule has 2 rings (SSSR count). The van der Waals surface area contributed by atoms with Gasteiger partial charge in [0.25, 0.3) is 0 Å². The van der Waals surface area contributed by atoms with Gasteiger partial charge in [-0.3, -0.25) is 9.69 Å². The number of carbonyl (C=O) groups excluding carboxylic acids is 1. The predicted octanol–water partition coefficient (Wildman–Crippen LogP) is 1.59. The molecule has 2 atom stereocenters. The van der Waals surface area contributed by atoms with Crippen molar-refractivity contribution in [1.29, 1.82) is 5.26 Å². The van der Waals surface area contributed by atoms with E-state index in [2.05, 4.69) is 23.2 Å². The van der Waals surface area contributed by atoms with E-state index in [1.165, 1.54) is 0 Å². The second-order valence-electron chi connectivity index (χ2n) is 5.51. The van der Waals surface area contributed by atoms with Crippen LogP contribution in [0.25, 0.3) is 0 Å². The van der Waals surface area contributed by atoms with Crippen molar-refractivity contribution in [2.75, 3.05) is 25.0 Å². The molecule has 1 saturated heterocycles. The van der Waals surface area contributed by atoms with E-state index in [9.17, 15) is 9.90 Å². The highest BCUT2D eigenvalue weighted by Crippen LogP contribution is 2.23. The quantitative estimate of drug-likeness (QED) is 0.862. The largest absolute Gasteiger partial charge is 0.395 e. The van der Waals surface area contributed by atoms with Gasteiger partial charge in [0.05, 0.1) is 17.9 Å². The van der Waals surface area contributed by atoms with Gasteiger partial charge >= 0.3 is 0 Å². The standard InChI is InChI=1S/C16H21N3O2/c1-12-6-8-19(15(12)11-20)9-7-16(21)18-14-5-3-2-4-13(14)10-17/h2-5,12,15,20H,6-9,11H2,1H3,(H,18,21). The van der Waals surface area contributed by atoms with Gasteiger partial charge in [0.1, 0.15) is 6.07 Å². The number of anilines is 1. The number of aliphatic hydroxyl groups excluding tert-OH is 1. The fourth-order valence-electron chi connectivity index (χ4n) is 2.81. The van der Waals surface area contributed by atoms with E-state index >= 15 is 0 Å². The second kappa shape index (κ2) is 7.21. The van der Waals surface area contributed by atoms with Crippen LogP contribution in [0.5, 0.6) is 0 Å². The molecule has 1 fully saturated rings. The van der Waals surface area contributed by atoms with Crippen LogP contribution in [0.3, 0.4) is 0 Å². The number of likely N-dealkylation sites (tertiary alicyclic amines) is 1. The first-order valence-electron chi connectivity index (χ1n) is 7.29. The zero-order valence-electron chi connectivity index (χ0n) is 12.2. The lowest BCUT2D eigenvalue weighted by Gasteiger charge is -2.24. The van der Waals surface area contributed by atoms with Gasteiger partial charge in [-0.05, 0) is 31.0 Å². The fourth-order valence-corrected chi connectivity index (χ4v) is 2.81. The highest BCUT2D eigenvalue weighted by atomic mass is 16.3. The smallest absolute Gasteiger partial charge is 0.225 e. The Balaban J connectivity index is 1.87. The van der Waals surface area contributed by atoms with Crippen LogP contribution in [0.4, 0.5) is 5.69 Å². The summed E-state index contributed by atoms with van der Waals surface area (Å²) in [6.45, 7) is 3.83. The Bertz CT molecular complexity index is 539. The van der Waals surface area contributed by atoms with Crippen LogP contribution < -0.4 is 5.32 Å². The summed E-state index contributed by atoms with van der Waals surface area (Å²) in [6.07, 6.45) is 1.42. The van der Waals surface area contributed by atoms with Gasteiger partial charge in [0.2, 0.25) is 5.91 Å². The van der Waals surface area contributed by atoms with Crippen molar-refractivity contribution < 1.29 is 9.90 Å². The van der Waals surface area contributed by atoms with E-state index in [1.807, 2.05) is 0 Å². The third kappa shape index (κ3) is 3.81. The number of rotatable bonds is 5. The van der Waals surface area contributed by atoms with E-state index in [4.69, 9.17) is 5.26 Å². The number of benzene rings is 1. The molecule has 1 aliphatic rings. The van der Waals surface area contributed by atoms with Gasteiger partial charge in [-0.1, -0.05) is 19.1 Å². The topological polar surface area (TPSA) is 76.4 Å². The second-order valence-corrected chi connectivity index (χ2v) is 5.51. The molecule has 0 aromatic heterocycles. The average molecular weight is 287 g/mol. The molecule has 112 valence electrons. The lowest BCUT2D eigenvalue weighted by atomic mass is 10.0. The van der Waals surface area contributed by atoms with Crippen molar-refractivity contribution in [2.24, 2.45) is 5.92 Å². The first kappa shape index (κ1) is 15.5.